The Hall–Kier alpha value is -1.56. The highest BCUT2D eigenvalue weighted by molar-refractivity contribution is 5.80. The molecular weight excluding hydrogens is 257 g/mol. The standard InChI is InChI=1S/C13H15F3N2O/c14-13(15,16)10-3-1-9(2-4-10)7-12-18-11(5-6-17)8-19-12/h1-4,11H,5-8,17H2. The molecule has 0 saturated heterocycles. The first kappa shape index (κ1) is 13.9. The van der Waals surface area contributed by atoms with Gasteiger partial charge in [0.05, 0.1) is 11.6 Å². The molecule has 1 aromatic carbocycles. The smallest absolute Gasteiger partial charge is 0.416 e. The van der Waals surface area contributed by atoms with Gasteiger partial charge in [0.2, 0.25) is 0 Å². The largest absolute Gasteiger partial charge is 0.478 e. The minimum atomic E-state index is -4.30. The molecule has 1 unspecified atom stereocenters. The molecule has 1 aromatic rings. The number of halogens is 3. The Morgan fingerprint density at radius 1 is 1.26 bits per heavy atom. The number of hydrogen-bond acceptors (Lipinski definition) is 3. The molecule has 19 heavy (non-hydrogen) atoms. The van der Waals surface area contributed by atoms with Crippen molar-refractivity contribution >= 4 is 5.90 Å². The summed E-state index contributed by atoms with van der Waals surface area (Å²) in [5.74, 6) is 0.568. The van der Waals surface area contributed by atoms with Crippen LogP contribution < -0.4 is 5.73 Å². The monoisotopic (exact) mass is 272 g/mol. The number of nitrogens with two attached hydrogens (primary N) is 1. The van der Waals surface area contributed by atoms with Crippen molar-refractivity contribution in [3.63, 3.8) is 0 Å². The zero-order chi connectivity index (χ0) is 13.9. The van der Waals surface area contributed by atoms with Gasteiger partial charge in [-0.3, -0.25) is 0 Å². The number of aliphatic imine (C=N–C) groups is 1. The molecule has 1 aliphatic heterocycles. The minimum Gasteiger partial charge on any atom is -0.478 e. The van der Waals surface area contributed by atoms with Crippen molar-refractivity contribution in [2.45, 2.75) is 25.1 Å². The van der Waals surface area contributed by atoms with Gasteiger partial charge >= 0.3 is 6.18 Å². The number of rotatable bonds is 4. The van der Waals surface area contributed by atoms with E-state index in [1.165, 1.54) is 12.1 Å². The molecular formula is C13H15F3N2O. The summed E-state index contributed by atoms with van der Waals surface area (Å²) in [6.07, 6.45) is -3.12. The van der Waals surface area contributed by atoms with Gasteiger partial charge < -0.3 is 10.5 Å². The Kier molecular flexibility index (Phi) is 4.09. The van der Waals surface area contributed by atoms with Crippen LogP contribution in [0.3, 0.4) is 0 Å². The van der Waals surface area contributed by atoms with Crippen LogP contribution in [0.5, 0.6) is 0 Å². The van der Waals surface area contributed by atoms with E-state index >= 15 is 0 Å². The van der Waals surface area contributed by atoms with Gasteiger partial charge in [0.15, 0.2) is 5.90 Å². The number of nitrogens with zero attached hydrogens (tertiary/aromatic N) is 1. The van der Waals surface area contributed by atoms with Crippen LogP contribution in [-0.4, -0.2) is 25.1 Å². The van der Waals surface area contributed by atoms with Crippen molar-refractivity contribution in [2.75, 3.05) is 13.2 Å². The molecule has 0 fully saturated rings. The molecule has 3 nitrogen and oxygen atoms in total. The summed E-state index contributed by atoms with van der Waals surface area (Å²) < 4.78 is 42.6. The summed E-state index contributed by atoms with van der Waals surface area (Å²) >= 11 is 0. The molecule has 0 spiro atoms. The normalized spacial score (nSPS) is 19.2. The van der Waals surface area contributed by atoms with Gasteiger partial charge in [-0.05, 0) is 30.7 Å². The second-order valence-electron chi connectivity index (χ2n) is 4.44. The summed E-state index contributed by atoms with van der Waals surface area (Å²) in [6.45, 7) is 1.05. The molecule has 0 amide bonds. The summed E-state index contributed by atoms with van der Waals surface area (Å²) in [4.78, 5) is 4.34. The van der Waals surface area contributed by atoms with Gasteiger partial charge in [0, 0.05) is 6.42 Å². The highest BCUT2D eigenvalue weighted by Crippen LogP contribution is 2.29. The second kappa shape index (κ2) is 5.61. The molecule has 0 saturated carbocycles. The molecule has 2 N–H and O–H groups in total. The summed E-state index contributed by atoms with van der Waals surface area (Å²) in [5, 5.41) is 0. The SMILES string of the molecule is NCCC1COC(Cc2ccc(C(F)(F)F)cc2)=N1. The lowest BCUT2D eigenvalue weighted by atomic mass is 10.1. The average Bonchev–Trinajstić information content (AvgIpc) is 2.77. The quantitative estimate of drug-likeness (QED) is 0.914. The van der Waals surface area contributed by atoms with Crippen molar-refractivity contribution in [3.05, 3.63) is 35.4 Å². The van der Waals surface area contributed by atoms with Crippen LogP contribution in [0.2, 0.25) is 0 Å². The summed E-state index contributed by atoms with van der Waals surface area (Å²) in [5.41, 5.74) is 5.54. The van der Waals surface area contributed by atoms with Crippen LogP contribution in [0.1, 0.15) is 17.5 Å². The van der Waals surface area contributed by atoms with E-state index < -0.39 is 11.7 Å². The maximum Gasteiger partial charge on any atom is 0.416 e. The third kappa shape index (κ3) is 3.70. The Morgan fingerprint density at radius 2 is 1.95 bits per heavy atom. The lowest BCUT2D eigenvalue weighted by Gasteiger charge is -2.07. The van der Waals surface area contributed by atoms with Gasteiger partial charge in [-0.1, -0.05) is 12.1 Å². The van der Waals surface area contributed by atoms with Gasteiger partial charge in [0.25, 0.3) is 0 Å². The molecule has 0 radical (unpaired) electrons. The van der Waals surface area contributed by atoms with E-state index in [-0.39, 0.29) is 6.04 Å². The van der Waals surface area contributed by atoms with Crippen LogP contribution in [0.25, 0.3) is 0 Å². The maximum absolute atomic E-state index is 12.4. The average molecular weight is 272 g/mol. The van der Waals surface area contributed by atoms with E-state index in [0.717, 1.165) is 24.1 Å². The first-order valence-corrected chi connectivity index (χ1v) is 6.04. The number of alkyl halides is 3. The van der Waals surface area contributed by atoms with Crippen LogP contribution >= 0.6 is 0 Å². The van der Waals surface area contributed by atoms with Gasteiger partial charge in [0.1, 0.15) is 6.61 Å². The van der Waals surface area contributed by atoms with Crippen molar-refractivity contribution < 1.29 is 17.9 Å². The predicted octanol–water partition coefficient (Wildman–Crippen LogP) is 2.39. The first-order valence-electron chi connectivity index (χ1n) is 6.04. The highest BCUT2D eigenvalue weighted by Gasteiger charge is 2.30. The van der Waals surface area contributed by atoms with E-state index in [4.69, 9.17) is 10.5 Å². The van der Waals surface area contributed by atoms with Crippen LogP contribution in [0.4, 0.5) is 13.2 Å². The third-order valence-corrected chi connectivity index (χ3v) is 2.91. The van der Waals surface area contributed by atoms with E-state index in [1.54, 1.807) is 0 Å². The lowest BCUT2D eigenvalue weighted by molar-refractivity contribution is -0.137. The number of hydrogen-bond donors (Lipinski definition) is 1. The highest BCUT2D eigenvalue weighted by atomic mass is 19.4. The van der Waals surface area contributed by atoms with E-state index in [2.05, 4.69) is 4.99 Å². The fourth-order valence-electron chi connectivity index (χ4n) is 1.89. The van der Waals surface area contributed by atoms with Crippen molar-refractivity contribution in [1.82, 2.24) is 0 Å². The lowest BCUT2D eigenvalue weighted by Crippen LogP contribution is -2.12. The molecule has 104 valence electrons. The number of ether oxygens (including phenoxy) is 1. The topological polar surface area (TPSA) is 47.6 Å². The fraction of sp³-hybridized carbons (Fsp3) is 0.462. The Bertz CT molecular complexity index is 454. The third-order valence-electron chi connectivity index (χ3n) is 2.91. The van der Waals surface area contributed by atoms with Crippen molar-refractivity contribution in [2.24, 2.45) is 10.7 Å². The second-order valence-corrected chi connectivity index (χ2v) is 4.44. The Morgan fingerprint density at radius 3 is 2.53 bits per heavy atom. The molecule has 1 atom stereocenters. The molecule has 1 aliphatic rings. The fourth-order valence-corrected chi connectivity index (χ4v) is 1.89. The van der Waals surface area contributed by atoms with Crippen molar-refractivity contribution in [3.8, 4) is 0 Å². The maximum atomic E-state index is 12.4. The van der Waals surface area contributed by atoms with Gasteiger partial charge in [-0.25, -0.2) is 4.99 Å². The number of benzene rings is 1. The Labute approximate surface area is 109 Å². The zero-order valence-electron chi connectivity index (χ0n) is 10.3. The molecule has 0 aromatic heterocycles. The van der Waals surface area contributed by atoms with Crippen LogP contribution in [-0.2, 0) is 17.3 Å². The summed E-state index contributed by atoms with van der Waals surface area (Å²) in [6, 6.07) is 5.12. The van der Waals surface area contributed by atoms with Crippen LogP contribution in [0, 0.1) is 0 Å². The van der Waals surface area contributed by atoms with E-state index in [1.807, 2.05) is 0 Å². The van der Waals surface area contributed by atoms with Crippen LogP contribution in [0.15, 0.2) is 29.3 Å². The molecule has 2 rings (SSSR count). The predicted molar refractivity (Wildman–Crippen MR) is 66.0 cm³/mol. The molecule has 1 heterocycles. The minimum absolute atomic E-state index is 0.0782. The van der Waals surface area contributed by atoms with Gasteiger partial charge in [-0.2, -0.15) is 13.2 Å². The molecule has 6 heteroatoms. The molecule has 0 bridgehead atoms. The summed E-state index contributed by atoms with van der Waals surface area (Å²) in [7, 11) is 0. The van der Waals surface area contributed by atoms with E-state index in [0.29, 0.717) is 25.5 Å². The Balaban J connectivity index is 1.99. The molecule has 0 aliphatic carbocycles. The van der Waals surface area contributed by atoms with Crippen molar-refractivity contribution in [1.29, 1.82) is 0 Å². The van der Waals surface area contributed by atoms with E-state index in [9.17, 15) is 13.2 Å². The van der Waals surface area contributed by atoms with Gasteiger partial charge in [-0.15, -0.1) is 0 Å². The first-order chi connectivity index (χ1) is 8.99. The zero-order valence-corrected chi connectivity index (χ0v) is 10.3.